The van der Waals surface area contributed by atoms with Gasteiger partial charge < -0.3 is 0 Å². The van der Waals surface area contributed by atoms with Crippen LogP contribution in [0.5, 0.6) is 0 Å². The molecule has 29 heavy (non-hydrogen) atoms. The van der Waals surface area contributed by atoms with Crippen LogP contribution in [0, 0.1) is 13.8 Å². The Labute approximate surface area is 178 Å². The summed E-state index contributed by atoms with van der Waals surface area (Å²) in [4.78, 5) is 28.4. The third-order valence-electron chi connectivity index (χ3n) is 5.38. The number of hydrogen-bond acceptors (Lipinski definition) is 3. The lowest BCUT2D eigenvalue weighted by Crippen LogP contribution is -2.32. The third-order valence-corrected chi connectivity index (χ3v) is 6.53. The van der Waals surface area contributed by atoms with Gasteiger partial charge >= 0.3 is 0 Å². The van der Waals surface area contributed by atoms with E-state index in [1.807, 2.05) is 55.5 Å². The fraction of sp³-hybridized carbons (Fsp3) is 0.360. The smallest absolute Gasteiger partial charge is 0.267 e. The molecule has 3 nitrogen and oxygen atoms in total. The second kappa shape index (κ2) is 9.93. The van der Waals surface area contributed by atoms with Crippen molar-refractivity contribution in [3.63, 3.8) is 0 Å². The Bertz CT molecular complexity index is 918. The molecule has 0 N–H and O–H groups in total. The van der Waals surface area contributed by atoms with Crippen LogP contribution in [0.4, 0.5) is 0 Å². The molecule has 1 heterocycles. The molecule has 0 saturated heterocycles. The molecule has 2 amide bonds. The summed E-state index contributed by atoms with van der Waals surface area (Å²) in [6, 6.07) is 16.1. The molecule has 0 bridgehead atoms. The lowest BCUT2D eigenvalue weighted by atomic mass is 10.0. The Morgan fingerprint density at radius 3 is 2.31 bits per heavy atom. The summed E-state index contributed by atoms with van der Waals surface area (Å²) in [6.45, 7) is 6.76. The Kier molecular flexibility index (Phi) is 7.32. The largest absolute Gasteiger partial charge is 0.274 e. The highest BCUT2D eigenvalue weighted by atomic mass is 32.2. The van der Waals surface area contributed by atoms with Crippen LogP contribution < -0.4 is 0 Å². The molecule has 0 saturated carbocycles. The molecule has 2 aromatic rings. The molecule has 0 aliphatic carbocycles. The number of benzene rings is 2. The number of amides is 2. The minimum Gasteiger partial charge on any atom is -0.274 e. The van der Waals surface area contributed by atoms with Gasteiger partial charge in [-0.3, -0.25) is 14.5 Å². The summed E-state index contributed by atoms with van der Waals surface area (Å²) in [5.74, 6) is 0.388. The Hall–Kier alpha value is -2.33. The molecular formula is C25H29NO2S. The van der Waals surface area contributed by atoms with E-state index in [1.165, 1.54) is 22.2 Å². The van der Waals surface area contributed by atoms with Gasteiger partial charge in [0.15, 0.2) is 0 Å². The van der Waals surface area contributed by atoms with Crippen LogP contribution in [0.25, 0.3) is 5.57 Å². The normalized spacial score (nSPS) is 14.2. The van der Waals surface area contributed by atoms with Crippen molar-refractivity contribution in [3.05, 3.63) is 75.7 Å². The van der Waals surface area contributed by atoms with E-state index in [1.54, 1.807) is 0 Å². The average Bonchev–Trinajstić information content (AvgIpc) is 2.96. The first kappa shape index (κ1) is 21.4. The highest BCUT2D eigenvalue weighted by Gasteiger charge is 2.38. The zero-order valence-corrected chi connectivity index (χ0v) is 18.3. The van der Waals surface area contributed by atoms with Crippen molar-refractivity contribution >= 4 is 29.1 Å². The van der Waals surface area contributed by atoms with Crippen molar-refractivity contribution in [3.8, 4) is 0 Å². The minimum atomic E-state index is -0.148. The van der Waals surface area contributed by atoms with Crippen LogP contribution in [0.15, 0.2) is 53.4 Å². The van der Waals surface area contributed by atoms with Crippen molar-refractivity contribution in [1.29, 1.82) is 0 Å². The Balaban J connectivity index is 1.89. The fourth-order valence-electron chi connectivity index (χ4n) is 3.47. The van der Waals surface area contributed by atoms with E-state index >= 15 is 0 Å². The molecule has 0 aromatic heterocycles. The first-order valence-electron chi connectivity index (χ1n) is 10.4. The lowest BCUT2D eigenvalue weighted by molar-refractivity contribution is -0.136. The molecule has 0 atom stereocenters. The van der Waals surface area contributed by atoms with Gasteiger partial charge in [0.2, 0.25) is 0 Å². The standard InChI is InChI=1S/C25H29NO2S/c1-4-5-6-10-15-26-24(27)22(21-14-13-18(2)19(3)16-21)23(25(26)28)29-17-20-11-8-7-9-12-20/h7-9,11-14,16H,4-6,10,15,17H2,1-3H3. The maximum atomic E-state index is 13.2. The first-order chi connectivity index (χ1) is 14.0. The number of imide groups is 1. The van der Waals surface area contributed by atoms with Crippen LogP contribution in [-0.4, -0.2) is 23.3 Å². The minimum absolute atomic E-state index is 0.138. The molecule has 1 aliphatic rings. The van der Waals surface area contributed by atoms with E-state index < -0.39 is 0 Å². The third kappa shape index (κ3) is 4.99. The van der Waals surface area contributed by atoms with Gasteiger partial charge in [-0.25, -0.2) is 0 Å². The zero-order chi connectivity index (χ0) is 20.8. The molecule has 3 rings (SSSR count). The van der Waals surface area contributed by atoms with Crippen molar-refractivity contribution in [1.82, 2.24) is 4.90 Å². The number of unbranched alkanes of at least 4 members (excludes halogenated alkanes) is 3. The number of aryl methyl sites for hydroxylation is 2. The maximum Gasteiger partial charge on any atom is 0.267 e. The van der Waals surface area contributed by atoms with E-state index in [2.05, 4.69) is 13.8 Å². The number of carbonyl (C=O) groups excluding carboxylic acids is 2. The maximum absolute atomic E-state index is 13.2. The summed E-state index contributed by atoms with van der Waals surface area (Å²) in [7, 11) is 0. The van der Waals surface area contributed by atoms with Gasteiger partial charge in [-0.1, -0.05) is 74.7 Å². The predicted octanol–water partition coefficient (Wildman–Crippen LogP) is 5.90. The second-order valence-electron chi connectivity index (χ2n) is 7.60. The van der Waals surface area contributed by atoms with Crippen molar-refractivity contribution < 1.29 is 9.59 Å². The Morgan fingerprint density at radius 2 is 1.62 bits per heavy atom. The molecule has 0 spiro atoms. The summed E-state index contributed by atoms with van der Waals surface area (Å²) < 4.78 is 0. The summed E-state index contributed by atoms with van der Waals surface area (Å²) >= 11 is 1.48. The molecule has 4 heteroatoms. The summed E-state index contributed by atoms with van der Waals surface area (Å²) in [5, 5.41) is 0. The van der Waals surface area contributed by atoms with Crippen LogP contribution in [0.2, 0.25) is 0 Å². The second-order valence-corrected chi connectivity index (χ2v) is 8.59. The van der Waals surface area contributed by atoms with Gasteiger partial charge in [-0.05, 0) is 42.5 Å². The van der Waals surface area contributed by atoms with Gasteiger partial charge in [0.05, 0.1) is 10.5 Å². The molecule has 2 aromatic carbocycles. The van der Waals surface area contributed by atoms with Crippen LogP contribution in [0.3, 0.4) is 0 Å². The van der Waals surface area contributed by atoms with Gasteiger partial charge in [0.25, 0.3) is 11.8 Å². The van der Waals surface area contributed by atoms with Gasteiger partial charge in [0, 0.05) is 12.3 Å². The van der Waals surface area contributed by atoms with Gasteiger partial charge in [0.1, 0.15) is 0 Å². The first-order valence-corrected chi connectivity index (χ1v) is 11.4. The number of carbonyl (C=O) groups is 2. The average molecular weight is 408 g/mol. The molecule has 1 aliphatic heterocycles. The Morgan fingerprint density at radius 1 is 0.862 bits per heavy atom. The number of thioether (sulfide) groups is 1. The van der Waals surface area contributed by atoms with E-state index in [0.29, 0.717) is 22.8 Å². The van der Waals surface area contributed by atoms with Crippen molar-refractivity contribution in [2.24, 2.45) is 0 Å². The lowest BCUT2D eigenvalue weighted by Gasteiger charge is -2.15. The number of hydrogen-bond donors (Lipinski definition) is 0. The fourth-order valence-corrected chi connectivity index (χ4v) is 4.56. The van der Waals surface area contributed by atoms with E-state index in [-0.39, 0.29) is 11.8 Å². The monoisotopic (exact) mass is 407 g/mol. The van der Waals surface area contributed by atoms with Crippen molar-refractivity contribution in [2.75, 3.05) is 6.54 Å². The van der Waals surface area contributed by atoms with Crippen LogP contribution >= 0.6 is 11.8 Å². The number of rotatable bonds is 9. The van der Waals surface area contributed by atoms with Gasteiger partial charge in [-0.2, -0.15) is 0 Å². The summed E-state index contributed by atoms with van der Waals surface area (Å²) in [5.41, 5.74) is 4.86. The highest BCUT2D eigenvalue weighted by molar-refractivity contribution is 8.03. The molecular weight excluding hydrogens is 378 g/mol. The van der Waals surface area contributed by atoms with Crippen LogP contribution in [-0.2, 0) is 15.3 Å². The number of nitrogens with zero attached hydrogens (tertiary/aromatic N) is 1. The quantitative estimate of drug-likeness (QED) is 0.384. The molecule has 0 fully saturated rings. The van der Waals surface area contributed by atoms with Gasteiger partial charge in [-0.15, -0.1) is 11.8 Å². The topological polar surface area (TPSA) is 37.4 Å². The predicted molar refractivity (Wildman–Crippen MR) is 121 cm³/mol. The van der Waals surface area contributed by atoms with Crippen molar-refractivity contribution in [2.45, 2.75) is 52.2 Å². The van der Waals surface area contributed by atoms with E-state index in [4.69, 9.17) is 0 Å². The van der Waals surface area contributed by atoms with E-state index in [0.717, 1.165) is 42.4 Å². The molecule has 0 unspecified atom stereocenters. The SMILES string of the molecule is CCCCCCN1C(=O)C(SCc2ccccc2)=C(c2ccc(C)c(C)c2)C1=O. The van der Waals surface area contributed by atoms with E-state index in [9.17, 15) is 9.59 Å². The molecule has 0 radical (unpaired) electrons. The van der Waals surface area contributed by atoms with Crippen LogP contribution in [0.1, 0.15) is 54.9 Å². The molecule has 152 valence electrons. The highest BCUT2D eigenvalue weighted by Crippen LogP contribution is 2.38. The zero-order valence-electron chi connectivity index (χ0n) is 17.5. The summed E-state index contributed by atoms with van der Waals surface area (Å²) in [6.07, 6.45) is 4.16.